The lowest BCUT2D eigenvalue weighted by Gasteiger charge is -2.27. The van der Waals surface area contributed by atoms with Gasteiger partial charge in [-0.3, -0.25) is 0 Å². The van der Waals surface area contributed by atoms with E-state index in [1.54, 1.807) is 24.3 Å². The molecule has 0 spiro atoms. The molecule has 0 aliphatic carbocycles. The predicted octanol–water partition coefficient (Wildman–Crippen LogP) is 6.18. The largest absolute Gasteiger partial charge is 0.502 e. The Kier molecular flexibility index (Phi) is 6.74. The zero-order valence-corrected chi connectivity index (χ0v) is 19.2. The molecule has 0 fully saturated rings. The van der Waals surface area contributed by atoms with Crippen molar-refractivity contribution in [3.05, 3.63) is 35.4 Å². The minimum Gasteiger partial charge on any atom is -0.502 e. The summed E-state index contributed by atoms with van der Waals surface area (Å²) >= 11 is 11.5. The topological polar surface area (TPSA) is 77.4 Å². The SMILES string of the molecule is CC(C)(c1cc(OBr)c(O)c(OBr)c1)c1cc(OBr)c(O)c(OBr)c1. The van der Waals surface area contributed by atoms with Crippen LogP contribution in [0.25, 0.3) is 0 Å². The first-order valence-corrected chi connectivity index (χ1v) is 9.28. The fourth-order valence-corrected chi connectivity index (χ4v) is 3.28. The Labute approximate surface area is 178 Å². The van der Waals surface area contributed by atoms with E-state index < -0.39 is 5.41 Å². The van der Waals surface area contributed by atoms with Crippen LogP contribution in [0.15, 0.2) is 24.3 Å². The Morgan fingerprint density at radius 2 is 0.880 bits per heavy atom. The van der Waals surface area contributed by atoms with Crippen LogP contribution in [0.1, 0.15) is 25.0 Å². The maximum Gasteiger partial charge on any atom is 0.203 e. The first kappa shape index (κ1) is 20.5. The van der Waals surface area contributed by atoms with Crippen LogP contribution in [0.5, 0.6) is 34.5 Å². The number of hydrogen-bond acceptors (Lipinski definition) is 6. The molecule has 0 aromatic heterocycles. The summed E-state index contributed by atoms with van der Waals surface area (Å²) in [7, 11) is 0. The maximum absolute atomic E-state index is 10.1. The van der Waals surface area contributed by atoms with Gasteiger partial charge in [0.2, 0.25) is 11.5 Å². The van der Waals surface area contributed by atoms with Crippen LogP contribution >= 0.6 is 65.0 Å². The van der Waals surface area contributed by atoms with Crippen molar-refractivity contribution < 1.29 is 25.5 Å². The highest BCUT2D eigenvalue weighted by Gasteiger charge is 2.29. The molecule has 0 saturated heterocycles. The summed E-state index contributed by atoms with van der Waals surface area (Å²) in [4.78, 5) is 0. The Bertz CT molecular complexity index is 667. The summed E-state index contributed by atoms with van der Waals surface area (Å²) in [5.41, 5.74) is 0.935. The second-order valence-electron chi connectivity index (χ2n) is 5.58. The van der Waals surface area contributed by atoms with Gasteiger partial charge in [-0.25, -0.2) is 0 Å². The molecule has 0 atom stereocenters. The van der Waals surface area contributed by atoms with E-state index >= 15 is 0 Å². The summed E-state index contributed by atoms with van der Waals surface area (Å²) in [6.07, 6.45) is 0. The van der Waals surface area contributed by atoms with Crippen LogP contribution in [0.4, 0.5) is 0 Å². The van der Waals surface area contributed by atoms with Gasteiger partial charge < -0.3 is 25.5 Å². The molecule has 0 amide bonds. The normalized spacial score (nSPS) is 11.1. The van der Waals surface area contributed by atoms with Gasteiger partial charge in [0.15, 0.2) is 88.0 Å². The fraction of sp³-hybridized carbons (Fsp3) is 0.200. The van der Waals surface area contributed by atoms with Gasteiger partial charge in [-0.15, -0.1) is 0 Å². The van der Waals surface area contributed by atoms with Crippen LogP contribution in [-0.2, 0) is 5.41 Å². The van der Waals surface area contributed by atoms with Crippen molar-refractivity contribution in [2.75, 3.05) is 0 Å². The second-order valence-corrected chi connectivity index (χ2v) is 6.87. The Hall–Kier alpha value is -0.840. The third-order valence-electron chi connectivity index (χ3n) is 3.86. The molecule has 2 aromatic carbocycles. The van der Waals surface area contributed by atoms with E-state index in [0.29, 0.717) is 0 Å². The molecule has 2 aromatic rings. The summed E-state index contributed by atoms with van der Waals surface area (Å²) in [6, 6.07) is 6.65. The van der Waals surface area contributed by atoms with E-state index in [-0.39, 0.29) is 34.5 Å². The van der Waals surface area contributed by atoms with E-state index in [9.17, 15) is 10.2 Å². The zero-order chi connectivity index (χ0) is 18.8. The molecule has 0 heterocycles. The van der Waals surface area contributed by atoms with Crippen molar-refractivity contribution in [1.82, 2.24) is 0 Å². The van der Waals surface area contributed by atoms with Gasteiger partial charge >= 0.3 is 0 Å². The number of benzene rings is 2. The van der Waals surface area contributed by atoms with E-state index in [1.165, 1.54) is 0 Å². The second kappa shape index (κ2) is 8.24. The molecule has 0 bridgehead atoms. The first-order chi connectivity index (χ1) is 11.8. The molecule has 0 aliphatic rings. The molecular weight excluding hydrogens is 596 g/mol. The molecule has 25 heavy (non-hydrogen) atoms. The van der Waals surface area contributed by atoms with Gasteiger partial charge in [0, 0.05) is 5.41 Å². The van der Waals surface area contributed by atoms with Gasteiger partial charge in [0.25, 0.3) is 0 Å². The number of rotatable bonds is 6. The minimum atomic E-state index is -0.595. The molecule has 2 rings (SSSR count). The van der Waals surface area contributed by atoms with Gasteiger partial charge in [-0.2, -0.15) is 0 Å². The number of phenols is 2. The summed E-state index contributed by atoms with van der Waals surface area (Å²) in [5.74, 6) is 0.432. The average molecular weight is 608 g/mol. The highest BCUT2D eigenvalue weighted by atomic mass is 79.9. The Morgan fingerprint density at radius 3 is 1.08 bits per heavy atom. The first-order valence-electron chi connectivity index (χ1n) is 6.69. The smallest absolute Gasteiger partial charge is 0.203 e. The number of halogens is 4. The molecule has 0 aliphatic heterocycles. The third kappa shape index (κ3) is 3.96. The fourth-order valence-electron chi connectivity index (χ4n) is 2.29. The minimum absolute atomic E-state index is 0.159. The van der Waals surface area contributed by atoms with Crippen LogP contribution < -0.4 is 15.3 Å². The van der Waals surface area contributed by atoms with Crippen molar-refractivity contribution >= 4 is 65.0 Å². The summed E-state index contributed by atoms with van der Waals surface area (Å²) in [5, 5.41) is 20.1. The maximum atomic E-state index is 10.1. The Balaban J connectivity index is 2.66. The molecule has 0 radical (unpaired) electrons. The molecule has 6 nitrogen and oxygen atoms in total. The quantitative estimate of drug-likeness (QED) is 0.409. The van der Waals surface area contributed by atoms with E-state index in [0.717, 1.165) is 11.1 Å². The van der Waals surface area contributed by atoms with Gasteiger partial charge in [0.05, 0.1) is 0 Å². The third-order valence-corrected chi connectivity index (χ3v) is 5.25. The lowest BCUT2D eigenvalue weighted by Crippen LogP contribution is -2.19. The standard InChI is InChI=1S/C15H12Br4O6/c1-15(2,7-3-9(22-16)13(20)10(4-7)23-17)8-5-11(24-18)14(21)12(6-8)25-19/h3-6,20-21H,1-2H3. The van der Waals surface area contributed by atoms with Crippen LogP contribution in [0, 0.1) is 0 Å². The summed E-state index contributed by atoms with van der Waals surface area (Å²) in [6.45, 7) is 3.88. The molecule has 2 N–H and O–H groups in total. The van der Waals surface area contributed by atoms with Crippen LogP contribution in [0.3, 0.4) is 0 Å². The summed E-state index contributed by atoms with van der Waals surface area (Å²) < 4.78 is 20.1. The molecule has 0 saturated carbocycles. The number of phenolic OH excluding ortho intramolecular Hbond substituents is 2. The number of aromatic hydroxyl groups is 2. The lowest BCUT2D eigenvalue weighted by molar-refractivity contribution is 0.430. The van der Waals surface area contributed by atoms with Crippen LogP contribution in [-0.4, -0.2) is 10.2 Å². The average Bonchev–Trinajstić information content (AvgIpc) is 2.61. The van der Waals surface area contributed by atoms with Crippen molar-refractivity contribution in [2.24, 2.45) is 0 Å². The van der Waals surface area contributed by atoms with Crippen molar-refractivity contribution in [1.29, 1.82) is 0 Å². The van der Waals surface area contributed by atoms with Crippen molar-refractivity contribution in [3.63, 3.8) is 0 Å². The monoisotopic (exact) mass is 604 g/mol. The predicted molar refractivity (Wildman–Crippen MR) is 107 cm³/mol. The van der Waals surface area contributed by atoms with E-state index in [4.69, 9.17) is 15.3 Å². The lowest BCUT2D eigenvalue weighted by atomic mass is 9.77. The number of hydrogen-bond donors (Lipinski definition) is 2. The molecular formula is C15H12Br4O6. The van der Waals surface area contributed by atoms with Crippen molar-refractivity contribution in [2.45, 2.75) is 19.3 Å². The zero-order valence-electron chi connectivity index (χ0n) is 12.8. The highest BCUT2D eigenvalue weighted by molar-refractivity contribution is 9.06. The van der Waals surface area contributed by atoms with Gasteiger partial charge in [0.1, 0.15) is 0 Å². The van der Waals surface area contributed by atoms with E-state index in [2.05, 4.69) is 65.0 Å². The van der Waals surface area contributed by atoms with E-state index in [1.807, 2.05) is 13.8 Å². The van der Waals surface area contributed by atoms with Crippen LogP contribution in [0.2, 0.25) is 0 Å². The molecule has 0 unspecified atom stereocenters. The molecule has 136 valence electrons. The van der Waals surface area contributed by atoms with Crippen molar-refractivity contribution in [3.8, 4) is 34.5 Å². The Morgan fingerprint density at radius 1 is 0.640 bits per heavy atom. The molecule has 10 heteroatoms. The highest BCUT2D eigenvalue weighted by Crippen LogP contribution is 2.47. The van der Waals surface area contributed by atoms with Gasteiger partial charge in [-0.05, 0) is 35.4 Å². The van der Waals surface area contributed by atoms with Gasteiger partial charge in [-0.1, -0.05) is 13.8 Å².